The highest BCUT2D eigenvalue weighted by atomic mass is 19.1. The molecule has 2 aliphatic heterocycles. The van der Waals surface area contributed by atoms with Crippen molar-refractivity contribution in [3.63, 3.8) is 0 Å². The first kappa shape index (κ1) is 29.6. The van der Waals surface area contributed by atoms with Gasteiger partial charge in [0.15, 0.2) is 18.1 Å². The number of amides is 3. The zero-order valence-electron chi connectivity index (χ0n) is 23.7. The van der Waals surface area contributed by atoms with E-state index in [1.165, 1.54) is 29.9 Å². The van der Waals surface area contributed by atoms with Gasteiger partial charge in [-0.15, -0.1) is 0 Å². The third kappa shape index (κ3) is 7.70. The first-order valence-corrected chi connectivity index (χ1v) is 14.0. The zero-order valence-corrected chi connectivity index (χ0v) is 23.7. The van der Waals surface area contributed by atoms with Crippen molar-refractivity contribution in [1.82, 2.24) is 20.1 Å². The van der Waals surface area contributed by atoms with E-state index in [0.717, 1.165) is 5.56 Å². The molecule has 11 nitrogen and oxygen atoms in total. The van der Waals surface area contributed by atoms with Gasteiger partial charge >= 0.3 is 0 Å². The number of fused-ring (bicyclic) bond motifs is 5. The van der Waals surface area contributed by atoms with Crippen molar-refractivity contribution in [1.29, 1.82) is 0 Å². The van der Waals surface area contributed by atoms with E-state index in [0.29, 0.717) is 36.4 Å². The van der Waals surface area contributed by atoms with Gasteiger partial charge in [0, 0.05) is 50.8 Å². The third-order valence-electron chi connectivity index (χ3n) is 7.39. The molecule has 1 saturated heterocycles. The van der Waals surface area contributed by atoms with Gasteiger partial charge in [-0.25, -0.2) is 4.39 Å². The molecule has 3 aromatic rings. The number of hydrogen-bond acceptors (Lipinski definition) is 7. The number of nitrogens with one attached hydrogen (secondary N) is 2. The summed E-state index contributed by atoms with van der Waals surface area (Å²) in [5.74, 6) is -0.466. The Kier molecular flexibility index (Phi) is 9.23. The van der Waals surface area contributed by atoms with Crippen molar-refractivity contribution >= 4 is 17.7 Å². The summed E-state index contributed by atoms with van der Waals surface area (Å²) >= 11 is 0. The van der Waals surface area contributed by atoms with Crippen LogP contribution in [-0.4, -0.2) is 66.1 Å². The van der Waals surface area contributed by atoms with Gasteiger partial charge in [0.2, 0.25) is 11.8 Å². The fourth-order valence-corrected chi connectivity index (χ4v) is 5.17. The Morgan fingerprint density at radius 1 is 1.05 bits per heavy atom. The molecular formula is C31H33FN4O7. The van der Waals surface area contributed by atoms with Crippen molar-refractivity contribution < 1.29 is 33.0 Å². The van der Waals surface area contributed by atoms with Gasteiger partial charge in [0.05, 0.1) is 13.2 Å². The summed E-state index contributed by atoms with van der Waals surface area (Å²) in [6, 6.07) is 13.4. The summed E-state index contributed by atoms with van der Waals surface area (Å²) in [7, 11) is 1.49. The Hall–Kier alpha value is -4.87. The molecule has 2 N–H and O–H groups in total. The molecule has 1 fully saturated rings. The molecule has 0 radical (unpaired) electrons. The van der Waals surface area contributed by atoms with Crippen molar-refractivity contribution in [2.75, 3.05) is 26.8 Å². The lowest BCUT2D eigenvalue weighted by molar-refractivity contribution is -0.136. The minimum absolute atomic E-state index is 0.105. The fraction of sp³-hybridized carbons (Fsp3) is 0.355. The average Bonchev–Trinajstić information content (AvgIpc) is 2.99. The van der Waals surface area contributed by atoms with E-state index in [9.17, 15) is 23.6 Å². The van der Waals surface area contributed by atoms with Crippen LogP contribution < -0.4 is 30.4 Å². The summed E-state index contributed by atoms with van der Waals surface area (Å²) in [5.41, 5.74) is 1.03. The Labute approximate surface area is 247 Å². The molecule has 3 heterocycles. The predicted molar refractivity (Wildman–Crippen MR) is 153 cm³/mol. The first-order valence-electron chi connectivity index (χ1n) is 14.0. The van der Waals surface area contributed by atoms with Crippen LogP contribution in [0.3, 0.4) is 0 Å². The second-order valence-corrected chi connectivity index (χ2v) is 10.5. The molecule has 12 heteroatoms. The highest BCUT2D eigenvalue weighted by Crippen LogP contribution is 2.29. The second-order valence-electron chi connectivity index (χ2n) is 10.5. The van der Waals surface area contributed by atoms with Gasteiger partial charge in [-0.05, 0) is 47.9 Å². The van der Waals surface area contributed by atoms with E-state index in [1.807, 2.05) is 6.07 Å². The number of pyridine rings is 1. The molecule has 226 valence electrons. The monoisotopic (exact) mass is 592 g/mol. The average molecular weight is 593 g/mol. The van der Waals surface area contributed by atoms with E-state index in [4.69, 9.17) is 14.2 Å². The van der Waals surface area contributed by atoms with Crippen LogP contribution >= 0.6 is 0 Å². The van der Waals surface area contributed by atoms with Crippen LogP contribution in [0.15, 0.2) is 65.6 Å². The molecule has 2 aromatic carbocycles. The van der Waals surface area contributed by atoms with E-state index in [2.05, 4.69) is 10.6 Å². The normalized spacial score (nSPS) is 19.3. The Morgan fingerprint density at radius 3 is 2.72 bits per heavy atom. The molecule has 5 rings (SSSR count). The summed E-state index contributed by atoms with van der Waals surface area (Å²) < 4.78 is 33.2. The fourth-order valence-electron chi connectivity index (χ4n) is 5.17. The highest BCUT2D eigenvalue weighted by molar-refractivity contribution is 5.79. The van der Waals surface area contributed by atoms with Crippen LogP contribution in [0.5, 0.6) is 17.2 Å². The molecule has 43 heavy (non-hydrogen) atoms. The van der Waals surface area contributed by atoms with Crippen LogP contribution in [-0.2, 0) is 33.9 Å². The van der Waals surface area contributed by atoms with Crippen LogP contribution in [0.2, 0.25) is 0 Å². The number of benzene rings is 2. The summed E-state index contributed by atoms with van der Waals surface area (Å²) in [4.78, 5) is 52.5. The molecule has 0 aliphatic carbocycles. The molecule has 3 amide bonds. The van der Waals surface area contributed by atoms with Gasteiger partial charge < -0.3 is 34.3 Å². The number of halogens is 1. The number of hydrogen-bond donors (Lipinski definition) is 2. The summed E-state index contributed by atoms with van der Waals surface area (Å²) in [6.45, 7) is 0.0189. The van der Waals surface area contributed by atoms with Gasteiger partial charge in [-0.3, -0.25) is 19.2 Å². The molecular weight excluding hydrogens is 559 g/mol. The van der Waals surface area contributed by atoms with Gasteiger partial charge in [0.25, 0.3) is 11.5 Å². The van der Waals surface area contributed by atoms with E-state index < -0.39 is 23.9 Å². The topological polar surface area (TPSA) is 128 Å². The Morgan fingerprint density at radius 2 is 1.91 bits per heavy atom. The van der Waals surface area contributed by atoms with Crippen molar-refractivity contribution in [3.8, 4) is 17.2 Å². The maximum atomic E-state index is 14.5. The number of carbonyl (C=O) groups is 3. The van der Waals surface area contributed by atoms with Crippen LogP contribution in [0.25, 0.3) is 0 Å². The number of piperidine rings is 1. The second kappa shape index (κ2) is 13.4. The van der Waals surface area contributed by atoms with Crippen molar-refractivity contribution in [2.24, 2.45) is 0 Å². The predicted octanol–water partition coefficient (Wildman–Crippen LogP) is 1.80. The maximum absolute atomic E-state index is 14.5. The van der Waals surface area contributed by atoms with Crippen molar-refractivity contribution in [3.05, 3.63) is 88.1 Å². The van der Waals surface area contributed by atoms with Crippen molar-refractivity contribution in [2.45, 2.75) is 44.5 Å². The van der Waals surface area contributed by atoms with Crippen LogP contribution in [0.1, 0.15) is 24.0 Å². The molecule has 1 aromatic heterocycles. The van der Waals surface area contributed by atoms with Crippen LogP contribution in [0.4, 0.5) is 4.39 Å². The lowest BCUT2D eigenvalue weighted by Crippen LogP contribution is -2.59. The number of carbonyl (C=O) groups excluding carboxylic acids is 3. The number of rotatable bonds is 3. The SMILES string of the molecule is COc1ccc2cc1OCC(=O)N[C@@H]1CN(C(=O)Cn3ccccc3=O)CC[C@H]1Oc1cc(F)cc(c1)CNC(=O)CC2. The molecule has 0 spiro atoms. The molecule has 0 unspecified atom stereocenters. The van der Waals surface area contributed by atoms with Crippen LogP contribution in [0, 0.1) is 5.82 Å². The number of ether oxygens (including phenoxy) is 3. The maximum Gasteiger partial charge on any atom is 0.258 e. The van der Waals surface area contributed by atoms with E-state index in [-0.39, 0.29) is 55.8 Å². The summed E-state index contributed by atoms with van der Waals surface area (Å²) in [5, 5.41) is 5.73. The lowest BCUT2D eigenvalue weighted by atomic mass is 10.0. The number of aryl methyl sites for hydroxylation is 1. The number of likely N-dealkylation sites (tertiary alicyclic amines) is 1. The van der Waals surface area contributed by atoms with Gasteiger partial charge in [-0.1, -0.05) is 12.1 Å². The summed E-state index contributed by atoms with van der Waals surface area (Å²) in [6.07, 6.45) is 1.88. The largest absolute Gasteiger partial charge is 0.493 e. The standard InChI is InChI=1S/C31H33FN4O7/c1-41-26-7-5-20-6-8-28(37)33-16-21-12-22(32)15-23(13-21)43-25-9-11-36(31(40)18-35-10-3-2-4-30(35)39)17-24(25)34-29(38)19-42-27(26)14-20/h2-5,7,10,12-15,24-25H,6,8-9,11,16-19H2,1H3,(H,33,37)(H,34,38)/t24-,25-/m1/s1. The molecule has 2 aliphatic rings. The Balaban J connectivity index is 1.39. The minimum atomic E-state index is -0.667. The van der Waals surface area contributed by atoms with Gasteiger partial charge in [-0.2, -0.15) is 0 Å². The quantitative estimate of drug-likeness (QED) is 0.475. The molecule has 4 bridgehead atoms. The zero-order chi connectivity index (χ0) is 30.3. The minimum Gasteiger partial charge on any atom is -0.493 e. The van der Waals surface area contributed by atoms with Gasteiger partial charge in [0.1, 0.15) is 24.2 Å². The first-order chi connectivity index (χ1) is 20.8. The van der Waals surface area contributed by atoms with E-state index >= 15 is 0 Å². The number of nitrogens with zero attached hydrogens (tertiary/aromatic N) is 2. The smallest absolute Gasteiger partial charge is 0.258 e. The molecule has 0 saturated carbocycles. The molecule has 2 atom stereocenters. The lowest BCUT2D eigenvalue weighted by Gasteiger charge is -2.39. The number of methoxy groups -OCH3 is 1. The van der Waals surface area contributed by atoms with E-state index in [1.54, 1.807) is 41.4 Å². The highest BCUT2D eigenvalue weighted by Gasteiger charge is 2.34. The number of aromatic nitrogens is 1. The Bertz CT molecular complexity index is 1560. The third-order valence-corrected chi connectivity index (χ3v) is 7.39.